The van der Waals surface area contributed by atoms with Crippen molar-refractivity contribution in [2.75, 3.05) is 0 Å². The predicted octanol–water partition coefficient (Wildman–Crippen LogP) is 2.86. The summed E-state index contributed by atoms with van der Waals surface area (Å²) in [7, 11) is 0. The summed E-state index contributed by atoms with van der Waals surface area (Å²) >= 11 is 0. The number of aliphatic carboxylic acids is 1. The number of rotatable bonds is 6. The van der Waals surface area contributed by atoms with Crippen molar-refractivity contribution >= 4 is 11.9 Å². The highest BCUT2D eigenvalue weighted by Crippen LogP contribution is 2.32. The third kappa shape index (κ3) is 5.38. The molecule has 7 heteroatoms. The molecule has 22 heavy (non-hydrogen) atoms. The first-order chi connectivity index (χ1) is 10.1. The van der Waals surface area contributed by atoms with Gasteiger partial charge in [-0.2, -0.15) is 13.2 Å². The van der Waals surface area contributed by atoms with Gasteiger partial charge >= 0.3 is 12.1 Å². The summed E-state index contributed by atoms with van der Waals surface area (Å²) in [6.45, 7) is 3.59. The number of alkyl halides is 3. The van der Waals surface area contributed by atoms with Gasteiger partial charge < -0.3 is 10.4 Å². The summed E-state index contributed by atoms with van der Waals surface area (Å²) in [5, 5.41) is 11.3. The molecule has 0 aliphatic carbocycles. The predicted molar refractivity (Wildman–Crippen MR) is 74.2 cm³/mol. The van der Waals surface area contributed by atoms with Crippen LogP contribution in [0.5, 0.6) is 0 Å². The van der Waals surface area contributed by atoms with Crippen molar-refractivity contribution in [3.63, 3.8) is 0 Å². The molecule has 1 rings (SSSR count). The largest absolute Gasteiger partial charge is 0.480 e. The first-order valence-electron chi connectivity index (χ1n) is 6.78. The van der Waals surface area contributed by atoms with Crippen molar-refractivity contribution in [1.29, 1.82) is 0 Å². The quantitative estimate of drug-likeness (QED) is 0.848. The number of carbonyl (C=O) groups excluding carboxylic acids is 1. The number of hydrogen-bond acceptors (Lipinski definition) is 2. The smallest absolute Gasteiger partial charge is 0.416 e. The van der Waals surface area contributed by atoms with E-state index in [4.69, 9.17) is 5.11 Å². The van der Waals surface area contributed by atoms with Crippen LogP contribution in [0.4, 0.5) is 13.2 Å². The van der Waals surface area contributed by atoms with Crippen molar-refractivity contribution < 1.29 is 27.9 Å². The molecule has 122 valence electrons. The Morgan fingerprint density at radius 3 is 2.32 bits per heavy atom. The van der Waals surface area contributed by atoms with Gasteiger partial charge in [-0.05, 0) is 24.0 Å². The fraction of sp³-hybridized carbons (Fsp3) is 0.467. The topological polar surface area (TPSA) is 66.4 Å². The average Bonchev–Trinajstić information content (AvgIpc) is 2.36. The van der Waals surface area contributed by atoms with Crippen LogP contribution in [-0.2, 0) is 22.2 Å². The van der Waals surface area contributed by atoms with Crippen LogP contribution >= 0.6 is 0 Å². The highest BCUT2D eigenvalue weighted by atomic mass is 19.4. The van der Waals surface area contributed by atoms with E-state index in [2.05, 4.69) is 5.32 Å². The molecule has 1 amide bonds. The number of amides is 1. The van der Waals surface area contributed by atoms with Gasteiger partial charge in [-0.15, -0.1) is 0 Å². The van der Waals surface area contributed by atoms with E-state index in [1.807, 2.05) is 0 Å². The van der Waals surface area contributed by atoms with Gasteiger partial charge in [-0.25, -0.2) is 4.79 Å². The second-order valence-corrected chi connectivity index (χ2v) is 5.42. The summed E-state index contributed by atoms with van der Waals surface area (Å²) in [6.07, 6.45) is -4.86. The van der Waals surface area contributed by atoms with E-state index >= 15 is 0 Å². The SMILES string of the molecule is CC(C)CC(NC(=O)Cc1ccccc1C(F)(F)F)C(=O)O. The fourth-order valence-corrected chi connectivity index (χ4v) is 2.06. The molecule has 0 saturated carbocycles. The van der Waals surface area contributed by atoms with E-state index in [-0.39, 0.29) is 17.9 Å². The minimum atomic E-state index is -4.55. The number of benzene rings is 1. The number of hydrogen-bond donors (Lipinski definition) is 2. The lowest BCUT2D eigenvalue weighted by Gasteiger charge is -2.17. The average molecular weight is 317 g/mol. The zero-order valence-electron chi connectivity index (χ0n) is 12.3. The van der Waals surface area contributed by atoms with Gasteiger partial charge in [0.15, 0.2) is 0 Å². The van der Waals surface area contributed by atoms with Gasteiger partial charge in [-0.1, -0.05) is 32.0 Å². The zero-order valence-corrected chi connectivity index (χ0v) is 12.3. The second-order valence-electron chi connectivity index (χ2n) is 5.42. The number of carboxylic acid groups (broad SMARTS) is 1. The van der Waals surface area contributed by atoms with Crippen LogP contribution in [0.1, 0.15) is 31.4 Å². The monoisotopic (exact) mass is 317 g/mol. The van der Waals surface area contributed by atoms with Crippen LogP contribution < -0.4 is 5.32 Å². The van der Waals surface area contributed by atoms with Crippen molar-refractivity contribution in [2.24, 2.45) is 5.92 Å². The minimum Gasteiger partial charge on any atom is -0.480 e. The van der Waals surface area contributed by atoms with E-state index in [0.717, 1.165) is 6.07 Å². The number of carboxylic acids is 1. The Morgan fingerprint density at radius 1 is 1.23 bits per heavy atom. The fourth-order valence-electron chi connectivity index (χ4n) is 2.06. The van der Waals surface area contributed by atoms with Crippen molar-refractivity contribution in [2.45, 2.75) is 38.9 Å². The van der Waals surface area contributed by atoms with Gasteiger partial charge in [0.2, 0.25) is 5.91 Å². The molecule has 0 aromatic heterocycles. The highest BCUT2D eigenvalue weighted by molar-refractivity contribution is 5.85. The third-order valence-corrected chi connectivity index (χ3v) is 3.01. The summed E-state index contributed by atoms with van der Waals surface area (Å²) in [5.41, 5.74) is -1.07. The van der Waals surface area contributed by atoms with E-state index < -0.39 is 36.1 Å². The van der Waals surface area contributed by atoms with Crippen LogP contribution in [0.2, 0.25) is 0 Å². The summed E-state index contributed by atoms with van der Waals surface area (Å²) in [4.78, 5) is 22.9. The Kier molecular flexibility index (Phi) is 5.96. The van der Waals surface area contributed by atoms with E-state index in [9.17, 15) is 22.8 Å². The first-order valence-corrected chi connectivity index (χ1v) is 6.78. The van der Waals surface area contributed by atoms with Crippen molar-refractivity contribution in [3.8, 4) is 0 Å². The van der Waals surface area contributed by atoms with Crippen molar-refractivity contribution in [1.82, 2.24) is 5.32 Å². The molecule has 1 aromatic rings. The molecule has 0 radical (unpaired) electrons. The standard InChI is InChI=1S/C15H18F3NO3/c1-9(2)7-12(14(21)22)19-13(20)8-10-5-3-4-6-11(10)15(16,17)18/h3-6,9,12H,7-8H2,1-2H3,(H,19,20)(H,21,22). The molecule has 0 spiro atoms. The lowest BCUT2D eigenvalue weighted by Crippen LogP contribution is -2.42. The van der Waals surface area contributed by atoms with Gasteiger partial charge in [0.05, 0.1) is 12.0 Å². The Hall–Kier alpha value is -2.05. The Labute approximate surface area is 126 Å². The Morgan fingerprint density at radius 2 is 1.82 bits per heavy atom. The molecule has 0 aliphatic rings. The van der Waals surface area contributed by atoms with Gasteiger partial charge in [0, 0.05) is 0 Å². The first kappa shape index (κ1) is 18.0. The lowest BCUT2D eigenvalue weighted by atomic mass is 10.0. The molecule has 0 saturated heterocycles. The maximum absolute atomic E-state index is 12.8. The second kappa shape index (κ2) is 7.29. The van der Waals surface area contributed by atoms with E-state index in [1.165, 1.54) is 18.2 Å². The molecule has 0 heterocycles. The molecule has 1 atom stereocenters. The van der Waals surface area contributed by atoms with E-state index in [0.29, 0.717) is 0 Å². The molecule has 1 aromatic carbocycles. The van der Waals surface area contributed by atoms with E-state index in [1.54, 1.807) is 13.8 Å². The molecular weight excluding hydrogens is 299 g/mol. The summed E-state index contributed by atoms with van der Waals surface area (Å²) in [6, 6.07) is 3.64. The Bertz CT molecular complexity index is 541. The van der Waals surface area contributed by atoms with Crippen molar-refractivity contribution in [3.05, 3.63) is 35.4 Å². The normalized spacial score (nSPS) is 13.0. The summed E-state index contributed by atoms with van der Waals surface area (Å²) < 4.78 is 38.5. The molecule has 1 unspecified atom stereocenters. The number of halogens is 3. The van der Waals surface area contributed by atoms with Crippen LogP contribution in [0.15, 0.2) is 24.3 Å². The highest BCUT2D eigenvalue weighted by Gasteiger charge is 2.33. The summed E-state index contributed by atoms with van der Waals surface area (Å²) in [5.74, 6) is -1.92. The van der Waals surface area contributed by atoms with Gasteiger partial charge in [0.25, 0.3) is 0 Å². The lowest BCUT2D eigenvalue weighted by molar-refractivity contribution is -0.142. The maximum atomic E-state index is 12.8. The molecule has 0 fully saturated rings. The number of nitrogens with one attached hydrogen (secondary N) is 1. The zero-order chi connectivity index (χ0) is 16.9. The maximum Gasteiger partial charge on any atom is 0.416 e. The van der Waals surface area contributed by atoms with Crippen LogP contribution in [0.3, 0.4) is 0 Å². The van der Waals surface area contributed by atoms with Gasteiger partial charge in [-0.3, -0.25) is 4.79 Å². The number of carbonyl (C=O) groups is 2. The molecular formula is C15H18F3NO3. The van der Waals surface area contributed by atoms with Crippen LogP contribution in [0.25, 0.3) is 0 Å². The Balaban J connectivity index is 2.83. The van der Waals surface area contributed by atoms with Crippen LogP contribution in [0, 0.1) is 5.92 Å². The van der Waals surface area contributed by atoms with Gasteiger partial charge in [0.1, 0.15) is 6.04 Å². The molecule has 0 aliphatic heterocycles. The molecule has 2 N–H and O–H groups in total. The minimum absolute atomic E-state index is 0.0314. The third-order valence-electron chi connectivity index (χ3n) is 3.01. The van der Waals surface area contributed by atoms with Crippen LogP contribution in [-0.4, -0.2) is 23.0 Å². The molecule has 0 bridgehead atoms. The molecule has 4 nitrogen and oxygen atoms in total.